The summed E-state index contributed by atoms with van der Waals surface area (Å²) in [4.78, 5) is 24.1. The van der Waals surface area contributed by atoms with Crippen molar-refractivity contribution in [3.63, 3.8) is 0 Å². The highest BCUT2D eigenvalue weighted by Crippen LogP contribution is 2.31. The van der Waals surface area contributed by atoms with E-state index in [0.717, 1.165) is 16.3 Å². The summed E-state index contributed by atoms with van der Waals surface area (Å²) in [6.45, 7) is 2.11. The molecule has 1 amide bonds. The normalized spacial score (nSPS) is 12.7. The second-order valence-electron chi connectivity index (χ2n) is 7.21. The van der Waals surface area contributed by atoms with Crippen LogP contribution in [0, 0.1) is 5.92 Å². The molecule has 0 heterocycles. The summed E-state index contributed by atoms with van der Waals surface area (Å²) in [6, 6.07) is 19.9. The second kappa shape index (κ2) is 10.7. The molecule has 0 unspecified atom stereocenters. The first-order valence-corrected chi connectivity index (χ1v) is 10.6. The molecule has 0 spiro atoms. The number of rotatable bonds is 8. The first-order chi connectivity index (χ1) is 15.0. The van der Waals surface area contributed by atoms with Crippen molar-refractivity contribution < 1.29 is 24.2 Å². The van der Waals surface area contributed by atoms with Gasteiger partial charge < -0.3 is 14.6 Å². The number of thiol groups is 1. The molecule has 3 rings (SSSR count). The van der Waals surface area contributed by atoms with E-state index in [2.05, 4.69) is 17.9 Å². The highest BCUT2D eigenvalue weighted by molar-refractivity contribution is 7.81. The molecule has 0 aromatic heterocycles. The molecule has 31 heavy (non-hydrogen) atoms. The van der Waals surface area contributed by atoms with E-state index >= 15 is 0 Å². The van der Waals surface area contributed by atoms with Gasteiger partial charge in [0.25, 0.3) is 0 Å². The van der Waals surface area contributed by atoms with Gasteiger partial charge in [0.1, 0.15) is 11.9 Å². The maximum absolute atomic E-state index is 12.8. The molecular weight excluding hydrogens is 414 g/mol. The van der Waals surface area contributed by atoms with E-state index in [-0.39, 0.29) is 24.0 Å². The first-order valence-electron chi connectivity index (χ1n) is 9.98. The number of fused-ring (bicyclic) bond motifs is 1. The van der Waals surface area contributed by atoms with Crippen LogP contribution in [0.25, 0.3) is 10.8 Å². The first kappa shape index (κ1) is 22.5. The lowest BCUT2D eigenvalue weighted by molar-refractivity contribution is -0.141. The van der Waals surface area contributed by atoms with Crippen LogP contribution in [0.15, 0.2) is 66.7 Å². The lowest BCUT2D eigenvalue weighted by Gasteiger charge is -2.25. The van der Waals surface area contributed by atoms with Crippen LogP contribution in [-0.4, -0.2) is 29.5 Å². The Balaban J connectivity index is 1.74. The molecule has 2 atom stereocenters. The molecule has 3 aromatic rings. The van der Waals surface area contributed by atoms with Crippen molar-refractivity contribution in [1.82, 2.24) is 0 Å². The van der Waals surface area contributed by atoms with E-state index in [4.69, 9.17) is 9.47 Å². The highest BCUT2D eigenvalue weighted by Gasteiger charge is 2.24. The predicted octanol–water partition coefficient (Wildman–Crippen LogP) is 5.33. The number of hydrogen-bond donors (Lipinski definition) is 3. The minimum Gasteiger partial charge on any atom is -0.508 e. The van der Waals surface area contributed by atoms with E-state index in [9.17, 15) is 14.7 Å². The average Bonchev–Trinajstić information content (AvgIpc) is 2.78. The lowest BCUT2D eigenvalue weighted by atomic mass is 9.94. The number of amides is 1. The van der Waals surface area contributed by atoms with Gasteiger partial charge in [0, 0.05) is 11.3 Å². The van der Waals surface area contributed by atoms with Gasteiger partial charge in [-0.1, -0.05) is 55.5 Å². The Morgan fingerprint density at radius 1 is 1.03 bits per heavy atom. The Morgan fingerprint density at radius 2 is 1.74 bits per heavy atom. The number of phenolic OH excluding ortho intramolecular Hbond substituents is 1. The predicted molar refractivity (Wildman–Crippen MR) is 123 cm³/mol. The SMILES string of the molecule is C[C@H](CCOC(=O)CS)[C@H](OC(=O)Nc1cccc2ccccc12)c1ccc(O)cc1. The van der Waals surface area contributed by atoms with Gasteiger partial charge in [-0.05, 0) is 35.6 Å². The summed E-state index contributed by atoms with van der Waals surface area (Å²) < 4.78 is 10.9. The Morgan fingerprint density at radius 3 is 2.48 bits per heavy atom. The summed E-state index contributed by atoms with van der Waals surface area (Å²) in [5.41, 5.74) is 1.39. The zero-order valence-electron chi connectivity index (χ0n) is 17.2. The van der Waals surface area contributed by atoms with E-state index in [1.54, 1.807) is 24.3 Å². The van der Waals surface area contributed by atoms with Gasteiger partial charge in [-0.3, -0.25) is 10.1 Å². The number of hydrogen-bond acceptors (Lipinski definition) is 6. The maximum Gasteiger partial charge on any atom is 0.412 e. The van der Waals surface area contributed by atoms with Crippen LogP contribution in [-0.2, 0) is 14.3 Å². The summed E-state index contributed by atoms with van der Waals surface area (Å²) in [6.07, 6.45) is -0.689. The van der Waals surface area contributed by atoms with Gasteiger partial charge >= 0.3 is 12.1 Å². The number of phenols is 1. The molecule has 3 aromatic carbocycles. The van der Waals surface area contributed by atoms with E-state index in [1.807, 2.05) is 49.4 Å². The van der Waals surface area contributed by atoms with Crippen molar-refractivity contribution in [2.75, 3.05) is 17.7 Å². The summed E-state index contributed by atoms with van der Waals surface area (Å²) >= 11 is 3.89. The quantitative estimate of drug-likeness (QED) is 0.326. The number of ether oxygens (including phenoxy) is 2. The molecule has 162 valence electrons. The molecule has 2 N–H and O–H groups in total. The van der Waals surface area contributed by atoms with Crippen LogP contribution in [0.4, 0.5) is 10.5 Å². The van der Waals surface area contributed by atoms with Crippen LogP contribution in [0.1, 0.15) is 25.0 Å². The minimum absolute atomic E-state index is 0.0136. The zero-order chi connectivity index (χ0) is 22.2. The van der Waals surface area contributed by atoms with Crippen LogP contribution in [0.5, 0.6) is 5.75 Å². The molecule has 6 nitrogen and oxygen atoms in total. The van der Waals surface area contributed by atoms with Gasteiger partial charge in [0.05, 0.1) is 18.0 Å². The van der Waals surface area contributed by atoms with Gasteiger partial charge in [0.15, 0.2) is 0 Å². The average molecular weight is 440 g/mol. The molecular formula is C24H25NO5S. The Bertz CT molecular complexity index is 1030. The Hall–Kier alpha value is -3.19. The maximum atomic E-state index is 12.8. The Kier molecular flexibility index (Phi) is 7.78. The van der Waals surface area contributed by atoms with E-state index in [0.29, 0.717) is 12.1 Å². The van der Waals surface area contributed by atoms with Crippen molar-refractivity contribution in [2.45, 2.75) is 19.4 Å². The summed E-state index contributed by atoms with van der Waals surface area (Å²) in [5.74, 6) is -0.403. The number of nitrogens with one attached hydrogen (secondary N) is 1. The molecule has 0 saturated heterocycles. The molecule has 0 saturated carbocycles. The van der Waals surface area contributed by atoms with Crippen LogP contribution in [0.2, 0.25) is 0 Å². The smallest absolute Gasteiger partial charge is 0.412 e. The molecule has 7 heteroatoms. The third-order valence-electron chi connectivity index (χ3n) is 4.96. The molecule has 0 aliphatic rings. The van der Waals surface area contributed by atoms with E-state index in [1.165, 1.54) is 0 Å². The standard InChI is InChI=1S/C24H25NO5S/c1-16(13-14-29-22(27)15-31)23(18-9-11-19(26)12-10-18)30-24(28)25-21-8-4-6-17-5-2-3-7-20(17)21/h2-12,16,23,26,31H,13-15H2,1H3,(H,25,28)/t16-,23+/m1/s1. The van der Waals surface area contributed by atoms with Crippen LogP contribution < -0.4 is 5.32 Å². The minimum atomic E-state index is -0.592. The van der Waals surface area contributed by atoms with Crippen LogP contribution in [0.3, 0.4) is 0 Å². The van der Waals surface area contributed by atoms with Gasteiger partial charge in [0.2, 0.25) is 0 Å². The number of carbonyl (C=O) groups excluding carboxylic acids is 2. The number of carbonyl (C=O) groups is 2. The number of esters is 1. The van der Waals surface area contributed by atoms with Crippen molar-refractivity contribution >= 4 is 41.2 Å². The molecule has 0 radical (unpaired) electrons. The third kappa shape index (κ3) is 6.15. The van der Waals surface area contributed by atoms with E-state index < -0.39 is 18.2 Å². The lowest BCUT2D eigenvalue weighted by Crippen LogP contribution is -2.23. The fraction of sp³-hybridized carbons (Fsp3) is 0.250. The van der Waals surface area contributed by atoms with Crippen molar-refractivity contribution in [1.29, 1.82) is 0 Å². The highest BCUT2D eigenvalue weighted by atomic mass is 32.1. The number of benzene rings is 3. The Labute approximate surface area is 186 Å². The van der Waals surface area contributed by atoms with Gasteiger partial charge in [-0.25, -0.2) is 4.79 Å². The fourth-order valence-corrected chi connectivity index (χ4v) is 3.41. The number of aromatic hydroxyl groups is 1. The van der Waals surface area contributed by atoms with Crippen molar-refractivity contribution in [3.05, 3.63) is 72.3 Å². The second-order valence-corrected chi connectivity index (χ2v) is 7.53. The van der Waals surface area contributed by atoms with Crippen LogP contribution >= 0.6 is 12.6 Å². The van der Waals surface area contributed by atoms with Gasteiger partial charge in [-0.15, -0.1) is 0 Å². The molecule has 0 aliphatic carbocycles. The summed E-state index contributed by atoms with van der Waals surface area (Å²) in [7, 11) is 0. The summed E-state index contributed by atoms with van der Waals surface area (Å²) in [5, 5.41) is 14.3. The number of anilines is 1. The molecule has 0 bridgehead atoms. The fourth-order valence-electron chi connectivity index (χ4n) is 3.32. The monoisotopic (exact) mass is 439 g/mol. The van der Waals surface area contributed by atoms with Crippen molar-refractivity contribution in [3.8, 4) is 5.75 Å². The van der Waals surface area contributed by atoms with Gasteiger partial charge in [-0.2, -0.15) is 12.6 Å². The molecule has 0 fully saturated rings. The zero-order valence-corrected chi connectivity index (χ0v) is 18.0. The molecule has 0 aliphatic heterocycles. The largest absolute Gasteiger partial charge is 0.508 e. The third-order valence-corrected chi connectivity index (χ3v) is 5.22. The topological polar surface area (TPSA) is 84.9 Å². The van der Waals surface area contributed by atoms with Crippen molar-refractivity contribution in [2.24, 2.45) is 5.92 Å².